The monoisotopic (exact) mass is 288 g/mol. The second kappa shape index (κ2) is 5.87. The lowest BCUT2D eigenvalue weighted by Gasteiger charge is -2.24. The summed E-state index contributed by atoms with van der Waals surface area (Å²) >= 11 is 0. The van der Waals surface area contributed by atoms with E-state index in [9.17, 15) is 4.79 Å². The van der Waals surface area contributed by atoms with Gasteiger partial charge >= 0.3 is 0 Å². The maximum absolute atomic E-state index is 12.2. The van der Waals surface area contributed by atoms with Gasteiger partial charge in [0.2, 0.25) is 5.91 Å². The van der Waals surface area contributed by atoms with E-state index in [-0.39, 0.29) is 18.0 Å². The number of carbonyl (C=O) groups excluding carboxylic acids is 1. The Kier molecular flexibility index (Phi) is 3.94. The number of fused-ring (bicyclic) bond motifs is 1. The molecule has 2 heterocycles. The summed E-state index contributed by atoms with van der Waals surface area (Å²) < 4.78 is 11.2. The van der Waals surface area contributed by atoms with Gasteiger partial charge in [-0.05, 0) is 19.9 Å². The third-order valence-electron chi connectivity index (χ3n) is 3.87. The van der Waals surface area contributed by atoms with Crippen LogP contribution in [-0.2, 0) is 9.53 Å². The number of amides is 1. The second-order valence-electron chi connectivity index (χ2n) is 5.40. The molecule has 2 aromatic rings. The van der Waals surface area contributed by atoms with Gasteiger partial charge in [0.15, 0.2) is 0 Å². The molecule has 1 aromatic heterocycles. The van der Waals surface area contributed by atoms with Crippen molar-refractivity contribution in [1.29, 1.82) is 0 Å². The molecule has 2 unspecified atom stereocenters. The first-order chi connectivity index (χ1) is 10.2. The summed E-state index contributed by atoms with van der Waals surface area (Å²) in [6.45, 7) is 5.73. The first kappa shape index (κ1) is 14.1. The molecule has 2 atom stereocenters. The molecule has 0 radical (unpaired) electrons. The molecule has 1 aromatic carbocycles. The topological polar surface area (TPSA) is 63.5 Å². The average Bonchev–Trinajstić information content (AvgIpc) is 2.86. The van der Waals surface area contributed by atoms with E-state index in [1.807, 2.05) is 38.1 Å². The molecule has 0 spiro atoms. The van der Waals surface area contributed by atoms with Gasteiger partial charge in [-0.3, -0.25) is 4.79 Å². The Morgan fingerprint density at radius 3 is 2.95 bits per heavy atom. The van der Waals surface area contributed by atoms with Gasteiger partial charge in [0, 0.05) is 17.5 Å². The highest BCUT2D eigenvalue weighted by molar-refractivity contribution is 5.84. The van der Waals surface area contributed by atoms with Gasteiger partial charge in [-0.25, -0.2) is 0 Å². The third-order valence-corrected chi connectivity index (χ3v) is 3.87. The van der Waals surface area contributed by atoms with Crippen molar-refractivity contribution in [1.82, 2.24) is 10.6 Å². The minimum absolute atomic E-state index is 0.0537. The maximum Gasteiger partial charge on any atom is 0.240 e. The quantitative estimate of drug-likeness (QED) is 0.905. The second-order valence-corrected chi connectivity index (χ2v) is 5.40. The highest BCUT2D eigenvalue weighted by Gasteiger charge is 2.24. The highest BCUT2D eigenvalue weighted by atomic mass is 16.5. The van der Waals surface area contributed by atoms with Crippen molar-refractivity contribution in [2.24, 2.45) is 0 Å². The Hall–Kier alpha value is -1.85. The van der Waals surface area contributed by atoms with Crippen LogP contribution in [0.3, 0.4) is 0 Å². The number of benzene rings is 1. The third kappa shape index (κ3) is 2.80. The Bertz CT molecular complexity index is 644. The number of rotatable bonds is 3. The van der Waals surface area contributed by atoms with Crippen molar-refractivity contribution >= 4 is 16.9 Å². The van der Waals surface area contributed by atoms with Crippen LogP contribution in [0.5, 0.6) is 0 Å². The van der Waals surface area contributed by atoms with Crippen LogP contribution in [0, 0.1) is 6.92 Å². The normalized spacial score (nSPS) is 20.4. The van der Waals surface area contributed by atoms with Crippen molar-refractivity contribution in [3.8, 4) is 0 Å². The van der Waals surface area contributed by atoms with Crippen LogP contribution in [0.15, 0.2) is 28.7 Å². The van der Waals surface area contributed by atoms with Crippen LogP contribution in [-0.4, -0.2) is 31.7 Å². The Labute approximate surface area is 123 Å². The molecule has 3 rings (SSSR count). The fourth-order valence-corrected chi connectivity index (χ4v) is 2.72. The van der Waals surface area contributed by atoms with E-state index in [4.69, 9.17) is 9.15 Å². The number of hydrogen-bond donors (Lipinski definition) is 2. The average molecular weight is 288 g/mol. The summed E-state index contributed by atoms with van der Waals surface area (Å²) in [5.41, 5.74) is 1.93. The lowest BCUT2D eigenvalue weighted by Crippen LogP contribution is -2.51. The van der Waals surface area contributed by atoms with Crippen LogP contribution >= 0.6 is 0 Å². The Morgan fingerprint density at radius 1 is 1.43 bits per heavy atom. The zero-order valence-corrected chi connectivity index (χ0v) is 12.3. The van der Waals surface area contributed by atoms with E-state index in [0.717, 1.165) is 22.3 Å². The summed E-state index contributed by atoms with van der Waals surface area (Å²) in [6, 6.07) is 7.45. The smallest absolute Gasteiger partial charge is 0.240 e. The largest absolute Gasteiger partial charge is 0.459 e. The summed E-state index contributed by atoms with van der Waals surface area (Å²) in [5.74, 6) is 0.753. The summed E-state index contributed by atoms with van der Waals surface area (Å²) in [5, 5.41) is 7.23. The molecule has 1 aliphatic rings. The van der Waals surface area contributed by atoms with E-state index in [0.29, 0.717) is 19.8 Å². The molecule has 5 heteroatoms. The molecule has 0 aliphatic carbocycles. The minimum Gasteiger partial charge on any atom is -0.459 e. The van der Waals surface area contributed by atoms with Crippen molar-refractivity contribution in [3.05, 3.63) is 35.6 Å². The number of aryl methyl sites for hydroxylation is 1. The van der Waals surface area contributed by atoms with Crippen molar-refractivity contribution in [2.45, 2.75) is 25.9 Å². The molecule has 21 heavy (non-hydrogen) atoms. The molecule has 2 N–H and O–H groups in total. The predicted octanol–water partition coefficient (Wildman–Crippen LogP) is 1.91. The molecule has 112 valence electrons. The summed E-state index contributed by atoms with van der Waals surface area (Å²) in [6.07, 6.45) is 0. The lowest BCUT2D eigenvalue weighted by atomic mass is 10.1. The number of carbonyl (C=O) groups is 1. The van der Waals surface area contributed by atoms with E-state index in [1.165, 1.54) is 0 Å². The first-order valence-corrected chi connectivity index (χ1v) is 7.26. The molecule has 5 nitrogen and oxygen atoms in total. The molecular weight excluding hydrogens is 268 g/mol. The van der Waals surface area contributed by atoms with Gasteiger partial charge in [0.25, 0.3) is 0 Å². The van der Waals surface area contributed by atoms with Gasteiger partial charge in [-0.2, -0.15) is 0 Å². The standard InChI is InChI=1S/C16H20N2O3/c1-10-12-5-3-4-6-14(12)21-15(10)11(2)18-16(19)13-9-20-8-7-17-13/h3-6,11,13,17H,7-9H2,1-2H3,(H,18,19). The Balaban J connectivity index is 1.75. The van der Waals surface area contributed by atoms with Gasteiger partial charge in [0.1, 0.15) is 17.4 Å². The number of nitrogens with one attached hydrogen (secondary N) is 2. The zero-order valence-electron chi connectivity index (χ0n) is 12.3. The van der Waals surface area contributed by atoms with E-state index < -0.39 is 0 Å². The summed E-state index contributed by atoms with van der Waals surface area (Å²) in [7, 11) is 0. The van der Waals surface area contributed by atoms with Crippen LogP contribution in [0.4, 0.5) is 0 Å². The zero-order chi connectivity index (χ0) is 14.8. The predicted molar refractivity (Wildman–Crippen MR) is 80.1 cm³/mol. The molecule has 1 aliphatic heterocycles. The van der Waals surface area contributed by atoms with Crippen LogP contribution in [0.1, 0.15) is 24.3 Å². The number of para-hydroxylation sites is 1. The van der Waals surface area contributed by atoms with Gasteiger partial charge in [0.05, 0.1) is 19.3 Å². The fourth-order valence-electron chi connectivity index (χ4n) is 2.72. The van der Waals surface area contributed by atoms with Crippen LogP contribution in [0.25, 0.3) is 11.0 Å². The number of hydrogen-bond acceptors (Lipinski definition) is 4. The van der Waals surface area contributed by atoms with E-state index in [2.05, 4.69) is 10.6 Å². The van der Waals surface area contributed by atoms with Crippen molar-refractivity contribution in [3.63, 3.8) is 0 Å². The van der Waals surface area contributed by atoms with Crippen molar-refractivity contribution < 1.29 is 13.9 Å². The van der Waals surface area contributed by atoms with Gasteiger partial charge in [-0.1, -0.05) is 18.2 Å². The van der Waals surface area contributed by atoms with Crippen molar-refractivity contribution in [2.75, 3.05) is 19.8 Å². The minimum atomic E-state index is -0.286. The van der Waals surface area contributed by atoms with Gasteiger partial charge < -0.3 is 19.8 Å². The molecule has 0 saturated carbocycles. The Morgan fingerprint density at radius 2 is 2.24 bits per heavy atom. The number of ether oxygens (including phenoxy) is 1. The first-order valence-electron chi connectivity index (χ1n) is 7.26. The van der Waals surface area contributed by atoms with Gasteiger partial charge in [-0.15, -0.1) is 0 Å². The molecular formula is C16H20N2O3. The highest BCUT2D eigenvalue weighted by Crippen LogP contribution is 2.29. The molecule has 1 saturated heterocycles. The maximum atomic E-state index is 12.2. The SMILES string of the molecule is Cc1c(C(C)NC(=O)C2COCCN2)oc2ccccc12. The molecule has 1 fully saturated rings. The number of morpholine rings is 1. The van der Waals surface area contributed by atoms with E-state index >= 15 is 0 Å². The van der Waals surface area contributed by atoms with Crippen LogP contribution < -0.4 is 10.6 Å². The van der Waals surface area contributed by atoms with E-state index in [1.54, 1.807) is 0 Å². The van der Waals surface area contributed by atoms with Crippen LogP contribution in [0.2, 0.25) is 0 Å². The number of furan rings is 1. The molecule has 0 bridgehead atoms. The lowest BCUT2D eigenvalue weighted by molar-refractivity contribution is -0.126. The fraction of sp³-hybridized carbons (Fsp3) is 0.438. The summed E-state index contributed by atoms with van der Waals surface area (Å²) in [4.78, 5) is 12.2. The molecule has 1 amide bonds.